The summed E-state index contributed by atoms with van der Waals surface area (Å²) in [7, 11) is 0. The maximum absolute atomic E-state index is 9.06. The third-order valence-electron chi connectivity index (χ3n) is 3.74. The van der Waals surface area contributed by atoms with Gasteiger partial charge >= 0.3 is 0 Å². The van der Waals surface area contributed by atoms with E-state index < -0.39 is 0 Å². The Labute approximate surface area is 124 Å². The van der Waals surface area contributed by atoms with Crippen LogP contribution in [0.15, 0.2) is 23.1 Å². The van der Waals surface area contributed by atoms with E-state index in [1.165, 1.54) is 0 Å². The maximum Gasteiger partial charge on any atom is 0.126 e. The van der Waals surface area contributed by atoms with Crippen LogP contribution in [0.4, 0.5) is 5.69 Å². The Kier molecular flexibility index (Phi) is 5.31. The lowest BCUT2D eigenvalue weighted by atomic mass is 10.1. The number of aliphatic hydroxyl groups is 1. The fourth-order valence-electron chi connectivity index (χ4n) is 2.80. The van der Waals surface area contributed by atoms with E-state index in [9.17, 15) is 0 Å². The Morgan fingerprint density at radius 2 is 2.35 bits per heavy atom. The van der Waals surface area contributed by atoms with Gasteiger partial charge in [0.2, 0.25) is 0 Å². The van der Waals surface area contributed by atoms with Crippen molar-refractivity contribution in [2.45, 2.75) is 24.7 Å². The lowest BCUT2D eigenvalue weighted by Gasteiger charge is -2.23. The van der Waals surface area contributed by atoms with E-state index in [4.69, 9.17) is 16.2 Å². The van der Waals surface area contributed by atoms with E-state index in [0.717, 1.165) is 47.8 Å². The molecule has 0 radical (unpaired) electrons. The van der Waals surface area contributed by atoms with Gasteiger partial charge in [-0.05, 0) is 36.6 Å². The lowest BCUT2D eigenvalue weighted by Crippen LogP contribution is -2.25. The molecule has 1 aliphatic heterocycles. The topological polar surface area (TPSA) is 73.3 Å². The number of hydrogen-bond acceptors (Lipinski definition) is 4. The van der Waals surface area contributed by atoms with Gasteiger partial charge in [0.15, 0.2) is 0 Å². The zero-order valence-electron chi connectivity index (χ0n) is 11.9. The molecule has 1 unspecified atom stereocenters. The molecule has 110 valence electrons. The molecule has 0 amide bonds. The Balaban J connectivity index is 2.27. The first-order chi connectivity index (χ1) is 9.67. The molecule has 0 bridgehead atoms. The summed E-state index contributed by atoms with van der Waals surface area (Å²) in [5.41, 5.74) is 7.74. The first-order valence-corrected chi connectivity index (χ1v) is 8.12. The van der Waals surface area contributed by atoms with E-state index >= 15 is 0 Å². The van der Waals surface area contributed by atoms with Gasteiger partial charge in [-0.15, -0.1) is 11.8 Å². The van der Waals surface area contributed by atoms with Gasteiger partial charge < -0.3 is 15.7 Å². The number of nitrogen functional groups attached to an aromatic ring is 1. The summed E-state index contributed by atoms with van der Waals surface area (Å²) >= 11 is 1.73. The van der Waals surface area contributed by atoms with Crippen molar-refractivity contribution in [2.24, 2.45) is 11.7 Å². The number of anilines is 1. The molecule has 0 aromatic heterocycles. The lowest BCUT2D eigenvalue weighted by molar-refractivity contribution is 0.263. The number of amidine groups is 1. The van der Waals surface area contributed by atoms with Crippen LogP contribution in [0.5, 0.6) is 0 Å². The summed E-state index contributed by atoms with van der Waals surface area (Å²) in [5, 5.41) is 17.0. The number of rotatable bonds is 6. The van der Waals surface area contributed by atoms with Crippen molar-refractivity contribution < 1.29 is 5.11 Å². The van der Waals surface area contributed by atoms with Crippen LogP contribution in [0.2, 0.25) is 0 Å². The van der Waals surface area contributed by atoms with Crippen LogP contribution in [0.3, 0.4) is 0 Å². The van der Waals surface area contributed by atoms with Crippen molar-refractivity contribution in [3.8, 4) is 0 Å². The van der Waals surface area contributed by atoms with Gasteiger partial charge in [-0.3, -0.25) is 5.41 Å². The van der Waals surface area contributed by atoms with E-state index in [0.29, 0.717) is 5.92 Å². The first kappa shape index (κ1) is 15.2. The standard InChI is InChI=1S/C15H23N3OS/c1-2-20-13-5-3-4-12(14(13)15(16)17)18-8-6-11(10-18)7-9-19/h3-5,11,19H,2,6-10H2,1H3,(H3,16,17). The average molecular weight is 293 g/mol. The summed E-state index contributed by atoms with van der Waals surface area (Å²) < 4.78 is 0. The number of nitrogens with one attached hydrogen (secondary N) is 1. The Morgan fingerprint density at radius 3 is 3.00 bits per heavy atom. The second kappa shape index (κ2) is 6.99. The van der Waals surface area contributed by atoms with Crippen LogP contribution < -0.4 is 10.6 Å². The largest absolute Gasteiger partial charge is 0.396 e. The second-order valence-electron chi connectivity index (χ2n) is 5.11. The van der Waals surface area contributed by atoms with Crippen molar-refractivity contribution in [1.29, 1.82) is 5.41 Å². The molecule has 4 nitrogen and oxygen atoms in total. The summed E-state index contributed by atoms with van der Waals surface area (Å²) in [5.74, 6) is 1.65. The van der Waals surface area contributed by atoms with Crippen LogP contribution in [0, 0.1) is 11.3 Å². The number of hydrogen-bond donors (Lipinski definition) is 3. The average Bonchev–Trinajstić information content (AvgIpc) is 2.87. The third kappa shape index (κ3) is 3.27. The number of nitrogens with zero attached hydrogens (tertiary/aromatic N) is 1. The van der Waals surface area contributed by atoms with Crippen molar-refractivity contribution in [3.05, 3.63) is 23.8 Å². The van der Waals surface area contributed by atoms with Gasteiger partial charge in [0.1, 0.15) is 5.84 Å². The zero-order valence-corrected chi connectivity index (χ0v) is 12.7. The highest BCUT2D eigenvalue weighted by Gasteiger charge is 2.25. The van der Waals surface area contributed by atoms with Gasteiger partial charge in [-0.2, -0.15) is 0 Å². The fraction of sp³-hybridized carbons (Fsp3) is 0.533. The number of aliphatic hydroxyl groups excluding tert-OH is 1. The van der Waals surface area contributed by atoms with Crippen molar-refractivity contribution in [3.63, 3.8) is 0 Å². The molecule has 5 heteroatoms. The van der Waals surface area contributed by atoms with Crippen LogP contribution >= 0.6 is 11.8 Å². The van der Waals surface area contributed by atoms with Gasteiger partial charge in [-0.1, -0.05) is 13.0 Å². The van der Waals surface area contributed by atoms with Gasteiger partial charge in [0.25, 0.3) is 0 Å². The molecular weight excluding hydrogens is 270 g/mol. The van der Waals surface area contributed by atoms with E-state index in [1.54, 1.807) is 11.8 Å². The molecule has 0 aliphatic carbocycles. The highest BCUT2D eigenvalue weighted by molar-refractivity contribution is 7.99. The van der Waals surface area contributed by atoms with Crippen LogP contribution in [0.25, 0.3) is 0 Å². The molecule has 20 heavy (non-hydrogen) atoms. The molecule has 1 atom stereocenters. The predicted octanol–water partition coefficient (Wildman–Crippen LogP) is 2.29. The minimum Gasteiger partial charge on any atom is -0.396 e. The summed E-state index contributed by atoms with van der Waals surface area (Å²) in [4.78, 5) is 3.39. The molecule has 1 saturated heterocycles. The van der Waals surface area contributed by atoms with Gasteiger partial charge in [-0.25, -0.2) is 0 Å². The van der Waals surface area contributed by atoms with E-state index in [2.05, 4.69) is 17.9 Å². The molecule has 0 saturated carbocycles. The van der Waals surface area contributed by atoms with Gasteiger partial charge in [0.05, 0.1) is 5.56 Å². The number of thioether (sulfide) groups is 1. The number of nitrogens with two attached hydrogens (primary N) is 1. The third-order valence-corrected chi connectivity index (χ3v) is 4.68. The summed E-state index contributed by atoms with van der Waals surface area (Å²) in [6.45, 7) is 4.28. The highest BCUT2D eigenvalue weighted by atomic mass is 32.2. The van der Waals surface area contributed by atoms with Crippen molar-refractivity contribution in [2.75, 3.05) is 30.3 Å². The minimum absolute atomic E-state index is 0.141. The quantitative estimate of drug-likeness (QED) is 0.427. The fourth-order valence-corrected chi connectivity index (χ4v) is 3.64. The molecule has 0 spiro atoms. The second-order valence-corrected chi connectivity index (χ2v) is 6.42. The minimum atomic E-state index is 0.141. The highest BCUT2D eigenvalue weighted by Crippen LogP contribution is 2.33. The number of benzene rings is 1. The summed E-state index contributed by atoms with van der Waals surface area (Å²) in [6, 6.07) is 6.13. The Morgan fingerprint density at radius 1 is 1.55 bits per heavy atom. The maximum atomic E-state index is 9.06. The zero-order chi connectivity index (χ0) is 14.5. The monoisotopic (exact) mass is 293 g/mol. The molecule has 1 aliphatic rings. The molecule has 1 heterocycles. The van der Waals surface area contributed by atoms with Crippen LogP contribution in [0.1, 0.15) is 25.3 Å². The molecule has 2 rings (SSSR count). The summed E-state index contributed by atoms with van der Waals surface area (Å²) in [6.07, 6.45) is 1.96. The molecule has 1 aromatic carbocycles. The van der Waals surface area contributed by atoms with Crippen molar-refractivity contribution >= 4 is 23.3 Å². The SMILES string of the molecule is CCSc1cccc(N2CCC(CCO)C2)c1C(=N)N. The van der Waals surface area contributed by atoms with Crippen molar-refractivity contribution in [1.82, 2.24) is 0 Å². The van der Waals surface area contributed by atoms with Crippen LogP contribution in [-0.2, 0) is 0 Å². The predicted molar refractivity (Wildman–Crippen MR) is 85.9 cm³/mol. The Bertz CT molecular complexity index is 478. The van der Waals surface area contributed by atoms with Crippen LogP contribution in [-0.4, -0.2) is 36.4 Å². The normalized spacial score (nSPS) is 18.5. The molecule has 4 N–H and O–H groups in total. The van der Waals surface area contributed by atoms with Gasteiger partial charge in [0, 0.05) is 30.3 Å². The molecule has 1 fully saturated rings. The first-order valence-electron chi connectivity index (χ1n) is 7.13. The Hall–Kier alpha value is -1.20. The molecule has 1 aromatic rings. The molecular formula is C15H23N3OS. The van der Waals surface area contributed by atoms with E-state index in [-0.39, 0.29) is 12.4 Å². The van der Waals surface area contributed by atoms with E-state index in [1.807, 2.05) is 12.1 Å². The smallest absolute Gasteiger partial charge is 0.126 e.